The Labute approximate surface area is 441 Å². The van der Waals surface area contributed by atoms with Crippen molar-refractivity contribution in [1.29, 1.82) is 0 Å². The van der Waals surface area contributed by atoms with Gasteiger partial charge < -0.3 is 9.30 Å². The van der Waals surface area contributed by atoms with Gasteiger partial charge in [0.05, 0.1) is 44.5 Å². The lowest BCUT2D eigenvalue weighted by Crippen LogP contribution is -2.31. The summed E-state index contributed by atoms with van der Waals surface area (Å²) in [6.07, 6.45) is 5.75. The molecule has 4 heterocycles. The van der Waals surface area contributed by atoms with Crippen molar-refractivity contribution in [3.05, 3.63) is 267 Å². The molecule has 4 aromatic heterocycles. The zero-order valence-electron chi connectivity index (χ0n) is 42.4. The van der Waals surface area contributed by atoms with Crippen LogP contribution in [0.25, 0.3) is 111 Å². The number of hydrogen-bond acceptors (Lipinski definition) is 2. The highest BCUT2D eigenvalue weighted by atomic mass is 16.5. The third-order valence-corrected chi connectivity index (χ3v) is 14.9. The normalized spacial score (nSPS) is 11.9. The molecule has 10 aromatic carbocycles. The Bertz CT molecular complexity index is 4460. The first-order valence-corrected chi connectivity index (χ1v) is 25.9. The Morgan fingerprint density at radius 2 is 0.974 bits per heavy atom. The highest BCUT2D eigenvalue weighted by molar-refractivity contribution is 6.13. The standard InChI is InChI=1S/C70H51N5O/c1-70(2,3)51-39-40-71-68(43-51)75-64-38-34-50(49-33-37-63-60(41-49)58-27-13-14-30-62(58)74(63)52-23-11-6-12-24-52)42-61(64)59-36-35-55(45-67(59)75)76-54-26-17-25-53(44-54)72-46-73(66-32-16-15-31-65(66)72)69-56(47-19-7-4-8-20-47)28-18-29-57(69)48-21-9-5-10-22-48/h4-45H,1-3H3. The molecule has 0 amide bonds. The first-order chi connectivity index (χ1) is 37.3. The smallest absolute Gasteiger partial charge is 0.269 e. The molecule has 0 unspecified atom stereocenters. The molecule has 0 aliphatic carbocycles. The second kappa shape index (κ2) is 18.0. The van der Waals surface area contributed by atoms with Crippen molar-refractivity contribution in [2.45, 2.75) is 26.2 Å². The van der Waals surface area contributed by atoms with E-state index in [9.17, 15) is 0 Å². The summed E-state index contributed by atoms with van der Waals surface area (Å²) in [4.78, 5) is 5.03. The van der Waals surface area contributed by atoms with Gasteiger partial charge in [0.1, 0.15) is 17.3 Å². The van der Waals surface area contributed by atoms with Gasteiger partial charge in [-0.15, -0.1) is 0 Å². The molecule has 14 aromatic rings. The molecule has 0 aliphatic heterocycles. The third kappa shape index (κ3) is 7.65. The topological polar surface area (TPSA) is 40.8 Å². The van der Waals surface area contributed by atoms with Crippen LogP contribution in [-0.4, -0.2) is 18.7 Å². The van der Waals surface area contributed by atoms with E-state index < -0.39 is 0 Å². The molecule has 6 nitrogen and oxygen atoms in total. The van der Waals surface area contributed by atoms with Crippen LogP contribution in [0.5, 0.6) is 11.5 Å². The Balaban J connectivity index is 0.878. The fourth-order valence-corrected chi connectivity index (χ4v) is 11.2. The van der Waals surface area contributed by atoms with E-state index in [1.54, 1.807) is 0 Å². The monoisotopic (exact) mass is 977 g/mol. The molecular weight excluding hydrogens is 927 g/mol. The summed E-state index contributed by atoms with van der Waals surface area (Å²) in [5.74, 6) is 2.30. The number of aromatic nitrogens is 5. The van der Waals surface area contributed by atoms with Gasteiger partial charge in [-0.2, -0.15) is 0 Å². The summed E-state index contributed by atoms with van der Waals surface area (Å²) < 4.78 is 15.9. The van der Waals surface area contributed by atoms with E-state index >= 15 is 0 Å². The van der Waals surface area contributed by atoms with Crippen LogP contribution < -0.4 is 9.30 Å². The fraction of sp³-hybridized carbons (Fsp3) is 0.0571. The van der Waals surface area contributed by atoms with Gasteiger partial charge in [0.2, 0.25) is 0 Å². The molecule has 0 spiro atoms. The van der Waals surface area contributed by atoms with E-state index in [-0.39, 0.29) is 5.41 Å². The molecule has 0 bridgehead atoms. The summed E-state index contributed by atoms with van der Waals surface area (Å²) in [6.45, 7) is 6.74. The van der Waals surface area contributed by atoms with Crippen LogP contribution in [0.3, 0.4) is 0 Å². The van der Waals surface area contributed by atoms with E-state index in [1.807, 2.05) is 12.3 Å². The minimum atomic E-state index is -0.0671. The molecule has 0 radical (unpaired) electrons. The molecular formula is C70H51N5O. The van der Waals surface area contributed by atoms with Gasteiger partial charge in [-0.05, 0) is 129 Å². The molecule has 0 atom stereocenters. The number of rotatable bonds is 9. The van der Waals surface area contributed by atoms with Gasteiger partial charge in [-0.25, -0.2) is 4.98 Å². The predicted molar refractivity (Wildman–Crippen MR) is 312 cm³/mol. The summed E-state index contributed by atoms with van der Waals surface area (Å²) in [5, 5.41) is 4.71. The summed E-state index contributed by atoms with van der Waals surface area (Å²) in [7, 11) is 0. The highest BCUT2D eigenvalue weighted by Gasteiger charge is 2.22. The second-order valence-corrected chi connectivity index (χ2v) is 20.6. The van der Waals surface area contributed by atoms with Gasteiger partial charge in [0, 0.05) is 39.5 Å². The fourth-order valence-electron chi connectivity index (χ4n) is 11.2. The van der Waals surface area contributed by atoms with Crippen molar-refractivity contribution in [2.24, 2.45) is 0 Å². The quantitative estimate of drug-likeness (QED) is 0.107. The summed E-state index contributed by atoms with van der Waals surface area (Å²) in [5.41, 5.74) is 17.6. The first kappa shape index (κ1) is 44.9. The minimum absolute atomic E-state index is 0.0671. The van der Waals surface area contributed by atoms with E-state index in [0.29, 0.717) is 5.75 Å². The van der Waals surface area contributed by atoms with Crippen LogP contribution in [0.15, 0.2) is 255 Å². The Morgan fingerprint density at radius 3 is 1.67 bits per heavy atom. The molecule has 362 valence electrons. The first-order valence-electron chi connectivity index (χ1n) is 25.9. The zero-order valence-corrected chi connectivity index (χ0v) is 42.4. The lowest BCUT2D eigenvalue weighted by molar-refractivity contribution is -0.571. The van der Waals surface area contributed by atoms with Crippen LogP contribution >= 0.6 is 0 Å². The number of benzene rings is 10. The maximum Gasteiger partial charge on any atom is 0.269 e. The van der Waals surface area contributed by atoms with Gasteiger partial charge in [-0.3, -0.25) is 13.7 Å². The maximum atomic E-state index is 6.90. The van der Waals surface area contributed by atoms with Gasteiger partial charge >= 0.3 is 0 Å². The number of hydrogen-bond donors (Lipinski definition) is 0. The number of para-hydroxylation sites is 5. The average molecular weight is 978 g/mol. The third-order valence-electron chi connectivity index (χ3n) is 14.9. The molecule has 0 saturated heterocycles. The molecule has 0 N–H and O–H groups in total. The molecule has 0 aliphatic rings. The number of nitrogens with zero attached hydrogens (tertiary/aromatic N) is 5. The Hall–Kier alpha value is -9.78. The van der Waals surface area contributed by atoms with Crippen LogP contribution in [0, 0.1) is 6.33 Å². The zero-order chi connectivity index (χ0) is 50.9. The van der Waals surface area contributed by atoms with Crippen molar-refractivity contribution < 1.29 is 9.30 Å². The Morgan fingerprint density at radius 1 is 0.408 bits per heavy atom. The lowest BCUT2D eigenvalue weighted by Gasteiger charge is -2.20. The second-order valence-electron chi connectivity index (χ2n) is 20.6. The van der Waals surface area contributed by atoms with Crippen molar-refractivity contribution in [2.75, 3.05) is 0 Å². The largest absolute Gasteiger partial charge is 0.458 e. The number of imidazole rings is 1. The Kier molecular flexibility index (Phi) is 10.6. The van der Waals surface area contributed by atoms with Gasteiger partial charge in [0.25, 0.3) is 6.33 Å². The van der Waals surface area contributed by atoms with E-state index in [1.165, 1.54) is 27.4 Å². The minimum Gasteiger partial charge on any atom is -0.458 e. The lowest BCUT2D eigenvalue weighted by atomic mass is 9.88. The average Bonchev–Trinajstić information content (AvgIpc) is 4.23. The van der Waals surface area contributed by atoms with Gasteiger partial charge in [-0.1, -0.05) is 178 Å². The van der Waals surface area contributed by atoms with Crippen LogP contribution in [0.4, 0.5) is 0 Å². The van der Waals surface area contributed by atoms with Crippen molar-refractivity contribution >= 4 is 54.6 Å². The van der Waals surface area contributed by atoms with E-state index in [0.717, 1.165) is 94.8 Å². The number of ether oxygens (including phenoxy) is 1. The van der Waals surface area contributed by atoms with Crippen molar-refractivity contribution in [1.82, 2.24) is 18.7 Å². The van der Waals surface area contributed by atoms with Gasteiger partial charge in [0.15, 0.2) is 0 Å². The predicted octanol–water partition coefficient (Wildman–Crippen LogP) is 17.4. The van der Waals surface area contributed by atoms with Crippen molar-refractivity contribution in [3.63, 3.8) is 0 Å². The van der Waals surface area contributed by atoms with Crippen LogP contribution in [0.1, 0.15) is 26.3 Å². The molecule has 14 rings (SSSR count). The maximum absolute atomic E-state index is 6.90. The van der Waals surface area contributed by atoms with Crippen molar-refractivity contribution in [3.8, 4) is 67.8 Å². The molecule has 0 saturated carbocycles. The molecule has 76 heavy (non-hydrogen) atoms. The molecule has 6 heteroatoms. The molecule has 0 fully saturated rings. The summed E-state index contributed by atoms with van der Waals surface area (Å²) in [6, 6.07) is 88.5. The SMILES string of the molecule is CC(C)(C)c1ccnc(-n2c3ccc(-c4ccc5c(c4)c4ccccc4n5-c4ccccc4)cc3c3ccc(Oc4cccc(-n5[c-][n+](-c6c(-c7ccccc7)cccc6-c6ccccc6)c6ccccc65)c4)cc32)c1. The van der Waals surface area contributed by atoms with E-state index in [2.05, 4.69) is 288 Å². The van der Waals surface area contributed by atoms with Crippen LogP contribution in [-0.2, 0) is 5.41 Å². The highest BCUT2D eigenvalue weighted by Crippen LogP contribution is 2.41. The summed E-state index contributed by atoms with van der Waals surface area (Å²) >= 11 is 0. The number of pyridine rings is 1. The van der Waals surface area contributed by atoms with Crippen LogP contribution in [0.2, 0.25) is 0 Å². The number of fused-ring (bicyclic) bond motifs is 7. The van der Waals surface area contributed by atoms with E-state index in [4.69, 9.17) is 9.72 Å².